The third-order valence-electron chi connectivity index (χ3n) is 11.4. The molecule has 0 amide bonds. The van der Waals surface area contributed by atoms with Gasteiger partial charge in [-0.05, 0) is 94.5 Å². The highest BCUT2D eigenvalue weighted by atomic mass is 15.4. The molecule has 0 saturated carbocycles. The second-order valence-corrected chi connectivity index (χ2v) is 14.7. The summed E-state index contributed by atoms with van der Waals surface area (Å²) >= 11 is 0. The zero-order valence-electron chi connectivity index (χ0n) is 28.8. The van der Waals surface area contributed by atoms with E-state index in [1.54, 1.807) is 0 Å². The van der Waals surface area contributed by atoms with Gasteiger partial charge in [0.05, 0.1) is 18.5 Å². The molecule has 3 N–H and O–H groups in total. The molecule has 1 aliphatic carbocycles. The summed E-state index contributed by atoms with van der Waals surface area (Å²) in [5.74, 6) is 0. The fourth-order valence-electron chi connectivity index (χ4n) is 8.77. The molecule has 2 aliphatic rings. The van der Waals surface area contributed by atoms with Gasteiger partial charge in [0.2, 0.25) is 0 Å². The van der Waals surface area contributed by atoms with Crippen LogP contribution < -0.4 is 16.0 Å². The summed E-state index contributed by atoms with van der Waals surface area (Å²) in [4.78, 5) is 0. The van der Waals surface area contributed by atoms with Crippen molar-refractivity contribution in [3.05, 3.63) is 192 Å². The minimum atomic E-state index is -0.124. The fourth-order valence-corrected chi connectivity index (χ4v) is 8.77. The van der Waals surface area contributed by atoms with Crippen LogP contribution in [0.1, 0.15) is 60.2 Å². The Kier molecular flexibility index (Phi) is 6.97. The Morgan fingerprint density at radius 2 is 1.00 bits per heavy atom. The average Bonchev–Trinajstić information content (AvgIpc) is 3.42. The third kappa shape index (κ3) is 4.92. The van der Waals surface area contributed by atoms with Crippen molar-refractivity contribution in [1.29, 1.82) is 0 Å². The van der Waals surface area contributed by atoms with Crippen LogP contribution in [0.3, 0.4) is 0 Å². The van der Waals surface area contributed by atoms with E-state index in [4.69, 9.17) is 0 Å². The first-order valence-corrected chi connectivity index (χ1v) is 18.0. The van der Waals surface area contributed by atoms with Gasteiger partial charge in [-0.2, -0.15) is 0 Å². The van der Waals surface area contributed by atoms with E-state index in [0.717, 1.165) is 0 Å². The Balaban J connectivity index is 1.06. The minimum absolute atomic E-state index is 0.0244. The SMILES string of the molecule is CC1(C)c2ccccc2-c2ccc(-c3ccc(C4NC(c5ccccc5)NC(c5c6ccccc6cc6ccc7ccccc7c56)N4)cc3)cc21. The van der Waals surface area contributed by atoms with Crippen molar-refractivity contribution < 1.29 is 0 Å². The monoisotopic (exact) mass is 657 g/mol. The maximum absolute atomic E-state index is 4.03. The Hall–Kier alpha value is -5.58. The summed E-state index contributed by atoms with van der Waals surface area (Å²) in [6, 6.07) is 60.2. The number of hydrogen-bond acceptors (Lipinski definition) is 3. The first kappa shape index (κ1) is 30.3. The molecule has 0 radical (unpaired) electrons. The molecule has 3 heteroatoms. The lowest BCUT2D eigenvalue weighted by Gasteiger charge is -2.40. The fraction of sp³-hybridized carbons (Fsp3) is 0.125. The van der Waals surface area contributed by atoms with Crippen LogP contribution in [0.4, 0.5) is 0 Å². The highest BCUT2D eigenvalue weighted by Crippen LogP contribution is 2.49. The van der Waals surface area contributed by atoms with Crippen molar-refractivity contribution in [3.63, 3.8) is 0 Å². The first-order chi connectivity index (χ1) is 25.0. The van der Waals surface area contributed by atoms with Gasteiger partial charge >= 0.3 is 0 Å². The van der Waals surface area contributed by atoms with Crippen LogP contribution in [0.25, 0.3) is 54.6 Å². The number of fused-ring (bicyclic) bond motifs is 7. The molecule has 0 spiro atoms. The van der Waals surface area contributed by atoms with E-state index in [1.165, 1.54) is 82.4 Å². The highest BCUT2D eigenvalue weighted by molar-refractivity contribution is 6.15. The van der Waals surface area contributed by atoms with Gasteiger partial charge in [-0.3, -0.25) is 16.0 Å². The zero-order valence-corrected chi connectivity index (χ0v) is 28.8. The molecular weight excluding hydrogens is 619 g/mol. The standard InChI is InChI=1S/C48H39N3/c1-48(2)41-19-11-10-18-39(41)40-27-26-34(29-42(40)48)30-20-23-33(24-21-30)46-49-45(32-13-4-3-5-14-32)50-47(51-46)44-38-17-9-7-15-35(38)28-36-25-22-31-12-6-8-16-37(31)43(36)44/h3-29,45-47,49-51H,1-2H3. The highest BCUT2D eigenvalue weighted by Gasteiger charge is 2.35. The van der Waals surface area contributed by atoms with Crippen molar-refractivity contribution in [2.45, 2.75) is 37.8 Å². The molecule has 0 bridgehead atoms. The predicted molar refractivity (Wildman–Crippen MR) is 212 cm³/mol. The lowest BCUT2D eigenvalue weighted by Crippen LogP contribution is -2.54. The van der Waals surface area contributed by atoms with Crippen LogP contribution in [0.15, 0.2) is 164 Å². The van der Waals surface area contributed by atoms with Crippen LogP contribution in [0, 0.1) is 0 Å². The molecule has 1 aliphatic heterocycles. The van der Waals surface area contributed by atoms with E-state index in [0.29, 0.717) is 0 Å². The molecule has 51 heavy (non-hydrogen) atoms. The topological polar surface area (TPSA) is 36.1 Å². The summed E-state index contributed by atoms with van der Waals surface area (Å²) in [6.45, 7) is 4.70. The summed E-state index contributed by atoms with van der Waals surface area (Å²) in [5.41, 5.74) is 11.7. The quantitative estimate of drug-likeness (QED) is 0.130. The summed E-state index contributed by atoms with van der Waals surface area (Å²) < 4.78 is 0. The first-order valence-electron chi connectivity index (χ1n) is 18.0. The molecule has 3 unspecified atom stereocenters. The van der Waals surface area contributed by atoms with Crippen molar-refractivity contribution in [2.75, 3.05) is 0 Å². The lowest BCUT2D eigenvalue weighted by atomic mass is 9.81. The number of hydrogen-bond donors (Lipinski definition) is 3. The van der Waals surface area contributed by atoms with Crippen molar-refractivity contribution >= 4 is 32.3 Å². The van der Waals surface area contributed by atoms with E-state index in [1.807, 2.05) is 0 Å². The van der Waals surface area contributed by atoms with Gasteiger partial charge in [-0.1, -0.05) is 166 Å². The molecule has 1 fully saturated rings. The molecule has 3 nitrogen and oxygen atoms in total. The zero-order chi connectivity index (χ0) is 34.1. The van der Waals surface area contributed by atoms with Crippen molar-refractivity contribution in [3.8, 4) is 22.3 Å². The minimum Gasteiger partial charge on any atom is -0.279 e. The molecule has 0 aromatic heterocycles. The van der Waals surface area contributed by atoms with E-state index < -0.39 is 0 Å². The lowest BCUT2D eigenvalue weighted by molar-refractivity contribution is 0.205. The van der Waals surface area contributed by atoms with Crippen LogP contribution >= 0.6 is 0 Å². The Morgan fingerprint density at radius 3 is 1.80 bits per heavy atom. The molecule has 10 rings (SSSR count). The number of nitrogens with one attached hydrogen (secondary N) is 3. The van der Waals surface area contributed by atoms with Crippen LogP contribution in [-0.4, -0.2) is 0 Å². The molecule has 1 heterocycles. The molecule has 3 atom stereocenters. The van der Waals surface area contributed by atoms with Crippen LogP contribution in [0.5, 0.6) is 0 Å². The number of benzene rings is 8. The summed E-state index contributed by atoms with van der Waals surface area (Å²) in [6.07, 6.45) is -0.277. The molecular formula is C48H39N3. The van der Waals surface area contributed by atoms with Crippen molar-refractivity contribution in [2.24, 2.45) is 0 Å². The van der Waals surface area contributed by atoms with Gasteiger partial charge in [0.25, 0.3) is 0 Å². The Labute approximate surface area is 299 Å². The van der Waals surface area contributed by atoms with Gasteiger partial charge < -0.3 is 0 Å². The van der Waals surface area contributed by atoms with E-state index in [9.17, 15) is 0 Å². The second-order valence-electron chi connectivity index (χ2n) is 14.7. The molecule has 8 aromatic carbocycles. The van der Waals surface area contributed by atoms with E-state index in [-0.39, 0.29) is 23.9 Å². The van der Waals surface area contributed by atoms with Gasteiger partial charge in [-0.15, -0.1) is 0 Å². The Bertz CT molecular complexity index is 2600. The summed E-state index contributed by atoms with van der Waals surface area (Å²) in [7, 11) is 0. The van der Waals surface area contributed by atoms with Gasteiger partial charge in [0.15, 0.2) is 0 Å². The van der Waals surface area contributed by atoms with Gasteiger partial charge in [-0.25, -0.2) is 0 Å². The average molecular weight is 658 g/mol. The third-order valence-corrected chi connectivity index (χ3v) is 11.4. The van der Waals surface area contributed by atoms with Crippen LogP contribution in [-0.2, 0) is 5.41 Å². The van der Waals surface area contributed by atoms with E-state index in [2.05, 4.69) is 194 Å². The number of rotatable bonds is 4. The summed E-state index contributed by atoms with van der Waals surface area (Å²) in [5, 5.41) is 19.5. The van der Waals surface area contributed by atoms with Gasteiger partial charge in [0.1, 0.15) is 0 Å². The smallest absolute Gasteiger partial charge is 0.0876 e. The molecule has 8 aromatic rings. The van der Waals surface area contributed by atoms with Gasteiger partial charge in [0, 0.05) is 5.41 Å². The normalized spacial score (nSPS) is 19.3. The maximum atomic E-state index is 4.03. The molecule has 1 saturated heterocycles. The van der Waals surface area contributed by atoms with Crippen LogP contribution in [0.2, 0.25) is 0 Å². The second kappa shape index (κ2) is 11.8. The maximum Gasteiger partial charge on any atom is 0.0876 e. The largest absolute Gasteiger partial charge is 0.279 e. The van der Waals surface area contributed by atoms with Crippen molar-refractivity contribution in [1.82, 2.24) is 16.0 Å². The Morgan fingerprint density at radius 1 is 0.412 bits per heavy atom. The van der Waals surface area contributed by atoms with E-state index >= 15 is 0 Å². The predicted octanol–water partition coefficient (Wildman–Crippen LogP) is 11.3. The molecule has 246 valence electrons.